The fraction of sp³-hybridized carbons (Fsp3) is 0. The van der Waals surface area contributed by atoms with Gasteiger partial charge in [-0.25, -0.2) is 9.18 Å². The molecule has 2 aromatic rings. The molecule has 0 unspecified atom stereocenters. The van der Waals surface area contributed by atoms with Gasteiger partial charge in [0.2, 0.25) is 0 Å². The van der Waals surface area contributed by atoms with Crippen molar-refractivity contribution in [1.82, 2.24) is 0 Å². The van der Waals surface area contributed by atoms with E-state index in [1.165, 1.54) is 23.9 Å². The summed E-state index contributed by atoms with van der Waals surface area (Å²) in [6, 6.07) is 12.8. The van der Waals surface area contributed by atoms with Crippen molar-refractivity contribution in [1.29, 1.82) is 5.26 Å². The van der Waals surface area contributed by atoms with Crippen LogP contribution in [-0.2, 0) is 0 Å². The summed E-state index contributed by atoms with van der Waals surface area (Å²) in [6.45, 7) is 0. The third kappa shape index (κ3) is 3.12. The minimum Gasteiger partial charge on any atom is -0.478 e. The topological polar surface area (TPSA) is 61.1 Å². The quantitative estimate of drug-likeness (QED) is 0.929. The largest absolute Gasteiger partial charge is 0.478 e. The second kappa shape index (κ2) is 5.55. The molecule has 3 nitrogen and oxygen atoms in total. The first-order valence-corrected chi connectivity index (χ1v) is 6.12. The molecule has 1 N–H and O–H groups in total. The van der Waals surface area contributed by atoms with Crippen LogP contribution in [0.4, 0.5) is 4.39 Å². The molecule has 0 heterocycles. The zero-order chi connectivity index (χ0) is 13.8. The van der Waals surface area contributed by atoms with Gasteiger partial charge in [-0.3, -0.25) is 0 Å². The lowest BCUT2D eigenvalue weighted by Crippen LogP contribution is -2.00. The summed E-state index contributed by atoms with van der Waals surface area (Å²) in [5.74, 6) is -2.04. The van der Waals surface area contributed by atoms with E-state index in [4.69, 9.17) is 10.4 Å². The fourth-order valence-electron chi connectivity index (χ4n) is 1.47. The molecule has 2 rings (SSSR count). The molecule has 0 bridgehead atoms. The normalized spacial score (nSPS) is 9.89. The first-order valence-electron chi connectivity index (χ1n) is 5.31. The van der Waals surface area contributed by atoms with Gasteiger partial charge in [0.15, 0.2) is 0 Å². The van der Waals surface area contributed by atoms with E-state index in [1.807, 2.05) is 6.07 Å². The van der Waals surface area contributed by atoms with Crippen molar-refractivity contribution in [3.05, 3.63) is 59.4 Å². The van der Waals surface area contributed by atoms with Crippen molar-refractivity contribution in [3.8, 4) is 6.07 Å². The van der Waals surface area contributed by atoms with Crippen LogP contribution in [-0.4, -0.2) is 11.1 Å². The SMILES string of the molecule is N#Cc1ccc(Sc2ccc(F)c(C(=O)O)c2)cc1. The van der Waals surface area contributed by atoms with Crippen molar-refractivity contribution in [2.75, 3.05) is 0 Å². The summed E-state index contributed by atoms with van der Waals surface area (Å²) in [7, 11) is 0. The van der Waals surface area contributed by atoms with E-state index in [0.717, 1.165) is 11.0 Å². The molecule has 0 amide bonds. The number of rotatable bonds is 3. The minimum absolute atomic E-state index is 0.348. The van der Waals surface area contributed by atoms with E-state index in [2.05, 4.69) is 0 Å². The van der Waals surface area contributed by atoms with Gasteiger partial charge in [-0.2, -0.15) is 5.26 Å². The Morgan fingerprint density at radius 2 is 1.79 bits per heavy atom. The maximum absolute atomic E-state index is 13.2. The van der Waals surface area contributed by atoms with Gasteiger partial charge in [0, 0.05) is 9.79 Å². The Morgan fingerprint density at radius 3 is 2.37 bits per heavy atom. The van der Waals surface area contributed by atoms with E-state index < -0.39 is 11.8 Å². The third-order valence-electron chi connectivity index (χ3n) is 2.39. The van der Waals surface area contributed by atoms with Gasteiger partial charge in [0.05, 0.1) is 17.2 Å². The monoisotopic (exact) mass is 273 g/mol. The Morgan fingerprint density at radius 1 is 1.16 bits per heavy atom. The number of hydrogen-bond donors (Lipinski definition) is 1. The number of nitriles is 1. The van der Waals surface area contributed by atoms with Gasteiger partial charge in [-0.1, -0.05) is 11.8 Å². The molecule has 2 aromatic carbocycles. The number of hydrogen-bond acceptors (Lipinski definition) is 3. The molecule has 19 heavy (non-hydrogen) atoms. The highest BCUT2D eigenvalue weighted by Crippen LogP contribution is 2.29. The molecule has 0 aliphatic rings. The Hall–Kier alpha value is -2.32. The minimum atomic E-state index is -1.29. The number of carbonyl (C=O) groups is 1. The predicted octanol–water partition coefficient (Wildman–Crippen LogP) is 3.55. The van der Waals surface area contributed by atoms with Crippen LogP contribution in [0.25, 0.3) is 0 Å². The molecule has 0 saturated carbocycles. The molecule has 0 atom stereocenters. The summed E-state index contributed by atoms with van der Waals surface area (Å²) in [5, 5.41) is 17.5. The van der Waals surface area contributed by atoms with Crippen LogP contribution in [0.5, 0.6) is 0 Å². The number of halogens is 1. The zero-order valence-electron chi connectivity index (χ0n) is 9.63. The molecular weight excluding hydrogens is 265 g/mol. The second-order valence-electron chi connectivity index (χ2n) is 3.69. The van der Waals surface area contributed by atoms with Crippen LogP contribution < -0.4 is 0 Å². The fourth-order valence-corrected chi connectivity index (χ4v) is 2.32. The Balaban J connectivity index is 2.25. The van der Waals surface area contributed by atoms with Gasteiger partial charge in [-0.15, -0.1) is 0 Å². The maximum atomic E-state index is 13.2. The van der Waals surface area contributed by atoms with Crippen LogP contribution in [0.3, 0.4) is 0 Å². The highest BCUT2D eigenvalue weighted by Gasteiger charge is 2.11. The molecule has 5 heteroatoms. The van der Waals surface area contributed by atoms with Gasteiger partial charge in [0.1, 0.15) is 5.82 Å². The van der Waals surface area contributed by atoms with Gasteiger partial charge in [0.25, 0.3) is 0 Å². The van der Waals surface area contributed by atoms with E-state index in [-0.39, 0.29) is 5.56 Å². The number of benzene rings is 2. The van der Waals surface area contributed by atoms with Crippen molar-refractivity contribution in [3.63, 3.8) is 0 Å². The van der Waals surface area contributed by atoms with Crippen LogP contribution in [0, 0.1) is 17.1 Å². The lowest BCUT2D eigenvalue weighted by atomic mass is 10.2. The Bertz CT molecular complexity index is 662. The molecule has 0 aliphatic heterocycles. The predicted molar refractivity (Wildman–Crippen MR) is 68.6 cm³/mol. The zero-order valence-corrected chi connectivity index (χ0v) is 10.4. The third-order valence-corrected chi connectivity index (χ3v) is 3.38. The molecule has 0 aromatic heterocycles. The molecule has 94 valence electrons. The van der Waals surface area contributed by atoms with Crippen LogP contribution in [0.2, 0.25) is 0 Å². The average Bonchev–Trinajstić information content (AvgIpc) is 2.41. The van der Waals surface area contributed by atoms with Crippen molar-refractivity contribution in [2.24, 2.45) is 0 Å². The number of aromatic carboxylic acids is 1. The maximum Gasteiger partial charge on any atom is 0.338 e. The first kappa shape index (κ1) is 13.1. The van der Waals surface area contributed by atoms with Crippen molar-refractivity contribution >= 4 is 17.7 Å². The van der Waals surface area contributed by atoms with Crippen LogP contribution >= 0.6 is 11.8 Å². The molecule has 0 radical (unpaired) electrons. The molecule has 0 aliphatic carbocycles. The van der Waals surface area contributed by atoms with E-state index in [0.29, 0.717) is 10.5 Å². The molecule has 0 saturated heterocycles. The Kier molecular flexibility index (Phi) is 3.83. The van der Waals surface area contributed by atoms with E-state index >= 15 is 0 Å². The van der Waals surface area contributed by atoms with E-state index in [1.54, 1.807) is 24.3 Å². The molecule has 0 spiro atoms. The number of nitrogens with zero attached hydrogens (tertiary/aromatic N) is 1. The van der Waals surface area contributed by atoms with Gasteiger partial charge >= 0.3 is 5.97 Å². The number of carboxylic acid groups (broad SMARTS) is 1. The summed E-state index contributed by atoms with van der Waals surface area (Å²) in [4.78, 5) is 12.3. The highest BCUT2D eigenvalue weighted by atomic mass is 32.2. The molecular formula is C14H8FNO2S. The summed E-state index contributed by atoms with van der Waals surface area (Å²) in [5.41, 5.74) is 0.202. The second-order valence-corrected chi connectivity index (χ2v) is 4.83. The van der Waals surface area contributed by atoms with Gasteiger partial charge < -0.3 is 5.11 Å². The summed E-state index contributed by atoms with van der Waals surface area (Å²) in [6.07, 6.45) is 0. The standard InChI is InChI=1S/C14H8FNO2S/c15-13-6-5-11(7-12(13)14(17)18)19-10-3-1-9(8-16)2-4-10/h1-7H,(H,17,18). The lowest BCUT2D eigenvalue weighted by molar-refractivity contribution is 0.0691. The number of carboxylic acids is 1. The lowest BCUT2D eigenvalue weighted by Gasteiger charge is -2.04. The average molecular weight is 273 g/mol. The summed E-state index contributed by atoms with van der Waals surface area (Å²) >= 11 is 1.31. The van der Waals surface area contributed by atoms with Crippen molar-refractivity contribution < 1.29 is 14.3 Å². The molecule has 0 fully saturated rings. The summed E-state index contributed by atoms with van der Waals surface area (Å²) < 4.78 is 13.2. The highest BCUT2D eigenvalue weighted by molar-refractivity contribution is 7.99. The van der Waals surface area contributed by atoms with Crippen LogP contribution in [0.1, 0.15) is 15.9 Å². The van der Waals surface area contributed by atoms with Gasteiger partial charge in [-0.05, 0) is 42.5 Å². The van der Waals surface area contributed by atoms with E-state index in [9.17, 15) is 9.18 Å². The van der Waals surface area contributed by atoms with Crippen LogP contribution in [0.15, 0.2) is 52.3 Å². The van der Waals surface area contributed by atoms with Crippen molar-refractivity contribution in [2.45, 2.75) is 9.79 Å². The Labute approximate surface area is 113 Å². The first-order chi connectivity index (χ1) is 9.10. The smallest absolute Gasteiger partial charge is 0.338 e.